The number of allylic oxidation sites excluding steroid dienone is 3. The molecular formula is C41H70N2P2Si2. The van der Waals surface area contributed by atoms with E-state index in [1.54, 1.807) is 77.0 Å². The fourth-order valence-corrected chi connectivity index (χ4v) is 28.3. The smallest absolute Gasteiger partial charge is 0.0728 e. The molecule has 10 fully saturated rings. The Morgan fingerprint density at radius 2 is 1.11 bits per heavy atom. The van der Waals surface area contributed by atoms with Crippen molar-refractivity contribution in [3.63, 3.8) is 0 Å². The van der Waals surface area contributed by atoms with Gasteiger partial charge in [-0.2, -0.15) is 0 Å². The first-order valence-electron chi connectivity index (χ1n) is 20.7. The van der Waals surface area contributed by atoms with Gasteiger partial charge in [0, 0.05) is 17.2 Å². The fourth-order valence-electron chi connectivity index (χ4n) is 15.5. The first-order chi connectivity index (χ1) is 22.3. The molecule has 262 valence electrons. The van der Waals surface area contributed by atoms with E-state index in [1.165, 1.54) is 44.9 Å². The van der Waals surface area contributed by atoms with E-state index in [-0.39, 0.29) is 13.1 Å². The highest BCUT2D eigenvalue weighted by Gasteiger charge is 2.63. The Bertz CT molecular complexity index is 1180. The Morgan fingerprint density at radius 3 is 1.43 bits per heavy atom. The van der Waals surface area contributed by atoms with Crippen LogP contribution in [-0.4, -0.2) is 63.0 Å². The molecule has 11 rings (SSSR count). The molecule has 2 aliphatic heterocycles. The fraction of sp³-hybridized carbons (Fsp3) is 0.902. The van der Waals surface area contributed by atoms with Gasteiger partial charge in [0.2, 0.25) is 0 Å². The molecule has 6 heteroatoms. The van der Waals surface area contributed by atoms with Gasteiger partial charge in [0.05, 0.1) is 16.1 Å². The largest absolute Gasteiger partial charge is 0.313 e. The first kappa shape index (κ1) is 33.5. The standard InChI is InChI=1S/C41H70N2P2Si2/c1-46(2,3)35-19-34(41(44,36-9-7-11-42-36)37-10-8-12-43-37)33(38(35)47(4,5)6)26-45(39-20-27-13-28(21-39)15-29(14-27)22-39)40-23-30-16-31(24-40)18-32(17-30)25-40/h19,27-32,36-38,42-43H,7-18,20-26,44H2,1-6H3. The van der Waals surface area contributed by atoms with Crippen LogP contribution < -0.4 is 10.6 Å². The molecule has 0 aromatic carbocycles. The van der Waals surface area contributed by atoms with E-state index in [0.717, 1.165) is 41.0 Å². The third kappa shape index (κ3) is 5.46. The summed E-state index contributed by atoms with van der Waals surface area (Å²) in [5, 5.41) is 11.8. The van der Waals surface area contributed by atoms with Crippen LogP contribution in [0.4, 0.5) is 0 Å². The molecule has 0 spiro atoms. The molecule has 2 nitrogen and oxygen atoms in total. The van der Waals surface area contributed by atoms with Gasteiger partial charge in [0.1, 0.15) is 0 Å². The van der Waals surface area contributed by atoms with Crippen molar-refractivity contribution in [2.24, 2.45) is 35.5 Å². The molecule has 2 saturated heterocycles. The van der Waals surface area contributed by atoms with E-state index in [2.05, 4.69) is 70.8 Å². The maximum Gasteiger partial charge on any atom is 0.0728 e. The predicted molar refractivity (Wildman–Crippen MR) is 214 cm³/mol. The van der Waals surface area contributed by atoms with Crippen LogP contribution in [0.5, 0.6) is 0 Å². The van der Waals surface area contributed by atoms with E-state index in [0.29, 0.717) is 22.4 Å². The highest BCUT2D eigenvalue weighted by atomic mass is 31.1. The molecule has 0 amide bonds. The van der Waals surface area contributed by atoms with E-state index in [9.17, 15) is 0 Å². The summed E-state index contributed by atoms with van der Waals surface area (Å²) in [5.41, 5.74) is 4.73. The van der Waals surface area contributed by atoms with Crippen molar-refractivity contribution in [1.29, 1.82) is 0 Å². The van der Waals surface area contributed by atoms with Crippen LogP contribution in [0.1, 0.15) is 103 Å². The second kappa shape index (κ2) is 11.6. The summed E-state index contributed by atoms with van der Waals surface area (Å²) in [5.74, 6) is 6.45. The third-order valence-corrected chi connectivity index (χ3v) is 26.3. The second-order valence-corrected chi connectivity index (χ2v) is 36.1. The summed E-state index contributed by atoms with van der Waals surface area (Å²) in [6.07, 6.45) is 29.4. The van der Waals surface area contributed by atoms with Gasteiger partial charge in [-0.1, -0.05) is 64.0 Å². The molecule has 0 aromatic rings. The molecule has 2 N–H and O–H groups in total. The summed E-state index contributed by atoms with van der Waals surface area (Å²) in [6.45, 7) is 18.9. The SMILES string of the molecule is C[Si](C)(C)C1=CC(C(P)(C2CCCN2)C2CCCN2)=C(CP(C23CC4CC(CC(C4)C2)C3)C23CC4CC(CC(C4)C2)C3)C1[Si](C)(C)C. The highest BCUT2D eigenvalue weighted by molar-refractivity contribution is 7.61. The maximum absolute atomic E-state index is 4.15. The topological polar surface area (TPSA) is 24.1 Å². The van der Waals surface area contributed by atoms with Gasteiger partial charge in [-0.05, 0) is 179 Å². The lowest BCUT2D eigenvalue weighted by atomic mass is 9.55. The van der Waals surface area contributed by atoms with Gasteiger partial charge in [0.25, 0.3) is 0 Å². The number of hydrogen-bond donors (Lipinski definition) is 2. The average molecular weight is 709 g/mol. The summed E-state index contributed by atoms with van der Waals surface area (Å²) in [6, 6.07) is 1.19. The van der Waals surface area contributed by atoms with Gasteiger partial charge in [-0.3, -0.25) is 0 Å². The van der Waals surface area contributed by atoms with Gasteiger partial charge >= 0.3 is 0 Å². The van der Waals surface area contributed by atoms with Crippen LogP contribution in [0.2, 0.25) is 44.8 Å². The van der Waals surface area contributed by atoms with Crippen LogP contribution in [0.15, 0.2) is 22.4 Å². The lowest BCUT2D eigenvalue weighted by Crippen LogP contribution is -2.57. The van der Waals surface area contributed by atoms with E-state index in [1.807, 2.05) is 10.8 Å². The molecule has 47 heavy (non-hydrogen) atoms. The Hall–Kier alpha value is 0.694. The van der Waals surface area contributed by atoms with E-state index in [4.69, 9.17) is 0 Å². The number of hydrogen-bond acceptors (Lipinski definition) is 2. The molecule has 8 bridgehead atoms. The molecule has 9 aliphatic carbocycles. The van der Waals surface area contributed by atoms with Crippen LogP contribution in [0.25, 0.3) is 0 Å². The summed E-state index contributed by atoms with van der Waals surface area (Å²) >= 11 is 0. The molecule has 11 aliphatic rings. The predicted octanol–water partition coefficient (Wildman–Crippen LogP) is 10.3. The zero-order chi connectivity index (χ0) is 32.6. The van der Waals surface area contributed by atoms with Gasteiger partial charge in [0.15, 0.2) is 0 Å². The number of rotatable bonds is 9. The lowest BCUT2D eigenvalue weighted by Gasteiger charge is -2.68. The minimum atomic E-state index is -1.53. The van der Waals surface area contributed by atoms with Gasteiger partial charge in [-0.25, -0.2) is 0 Å². The molecular weight excluding hydrogens is 639 g/mol. The molecule has 8 saturated carbocycles. The maximum atomic E-state index is 4.15. The Balaban J connectivity index is 1.23. The Morgan fingerprint density at radius 1 is 0.702 bits per heavy atom. The zero-order valence-electron chi connectivity index (χ0n) is 31.2. The number of nitrogens with one attached hydrogen (secondary N) is 2. The van der Waals surface area contributed by atoms with Gasteiger partial charge in [-0.15, -0.1) is 9.24 Å². The Labute approximate surface area is 295 Å². The zero-order valence-corrected chi connectivity index (χ0v) is 35.3. The van der Waals surface area contributed by atoms with E-state index >= 15 is 0 Å². The van der Waals surface area contributed by atoms with Crippen molar-refractivity contribution in [3.05, 3.63) is 22.4 Å². The Kier molecular flexibility index (Phi) is 8.27. The van der Waals surface area contributed by atoms with Gasteiger partial charge < -0.3 is 10.6 Å². The van der Waals surface area contributed by atoms with Crippen LogP contribution in [0, 0.1) is 35.5 Å². The summed E-state index contributed by atoms with van der Waals surface area (Å²) in [7, 11) is 0.589. The normalized spacial score (nSPS) is 47.6. The molecule has 4 atom stereocenters. The van der Waals surface area contributed by atoms with Crippen LogP contribution in [0.3, 0.4) is 0 Å². The first-order valence-corrected chi connectivity index (χ1v) is 29.9. The summed E-state index contributed by atoms with van der Waals surface area (Å²) < 4.78 is 0. The van der Waals surface area contributed by atoms with Crippen molar-refractivity contribution < 1.29 is 0 Å². The molecule has 0 aromatic heterocycles. The highest BCUT2D eigenvalue weighted by Crippen LogP contribution is 2.80. The van der Waals surface area contributed by atoms with Crippen LogP contribution in [-0.2, 0) is 0 Å². The van der Waals surface area contributed by atoms with Crippen molar-refractivity contribution in [3.8, 4) is 0 Å². The monoisotopic (exact) mass is 708 g/mol. The lowest BCUT2D eigenvalue weighted by molar-refractivity contribution is 0.0187. The minimum Gasteiger partial charge on any atom is -0.313 e. The molecule has 0 radical (unpaired) electrons. The van der Waals surface area contributed by atoms with E-state index < -0.39 is 16.1 Å². The van der Waals surface area contributed by atoms with Crippen LogP contribution >= 0.6 is 17.2 Å². The van der Waals surface area contributed by atoms with Crippen molar-refractivity contribution in [2.45, 2.75) is 175 Å². The van der Waals surface area contributed by atoms with Crippen molar-refractivity contribution in [1.82, 2.24) is 10.6 Å². The molecule has 4 unspecified atom stereocenters. The third-order valence-electron chi connectivity index (χ3n) is 16.3. The van der Waals surface area contributed by atoms with Crippen molar-refractivity contribution in [2.75, 3.05) is 19.3 Å². The summed E-state index contributed by atoms with van der Waals surface area (Å²) in [4.78, 5) is 0. The quantitative estimate of drug-likeness (QED) is 0.184. The molecule has 2 heterocycles. The second-order valence-electron chi connectivity index (χ2n) is 21.7. The minimum absolute atomic E-state index is 0.0503. The average Bonchev–Trinajstić information content (AvgIpc) is 3.75. The van der Waals surface area contributed by atoms with Crippen molar-refractivity contribution >= 4 is 33.3 Å².